The number of halogens is 1. The molecule has 0 saturated heterocycles. The number of pyridine rings is 2. The van der Waals surface area contributed by atoms with Crippen molar-refractivity contribution in [2.24, 2.45) is 13.0 Å². The molecule has 7 heteroatoms. The van der Waals surface area contributed by atoms with Crippen LogP contribution in [0.15, 0.2) is 41.6 Å². The van der Waals surface area contributed by atoms with Gasteiger partial charge in [0, 0.05) is 48.7 Å². The largest absolute Gasteiger partial charge is 0.477 e. The van der Waals surface area contributed by atoms with Crippen molar-refractivity contribution in [1.29, 1.82) is 0 Å². The van der Waals surface area contributed by atoms with Crippen LogP contribution in [0.4, 0.5) is 4.39 Å². The molecule has 28 heavy (non-hydrogen) atoms. The Kier molecular flexibility index (Phi) is 4.66. The quantitative estimate of drug-likeness (QED) is 0.680. The summed E-state index contributed by atoms with van der Waals surface area (Å²) in [6.45, 7) is 4.29. The summed E-state index contributed by atoms with van der Waals surface area (Å²) < 4.78 is 21.1. The number of nitrogens with zero attached hydrogens (tertiary/aromatic N) is 4. The summed E-state index contributed by atoms with van der Waals surface area (Å²) in [6.07, 6.45) is 6.06. The average molecular weight is 380 g/mol. The lowest BCUT2D eigenvalue weighted by atomic mass is 10.1. The Balaban J connectivity index is 1.53. The molecule has 1 aliphatic carbocycles. The van der Waals surface area contributed by atoms with Gasteiger partial charge in [0.05, 0.1) is 12.2 Å². The molecule has 0 aromatic carbocycles. The Morgan fingerprint density at radius 2 is 2.07 bits per heavy atom. The molecule has 0 spiro atoms. The molecule has 6 nitrogen and oxygen atoms in total. The van der Waals surface area contributed by atoms with Gasteiger partial charge in [-0.25, -0.2) is 9.37 Å². The normalized spacial score (nSPS) is 18.1. The van der Waals surface area contributed by atoms with Crippen LogP contribution in [-0.4, -0.2) is 26.1 Å². The van der Waals surface area contributed by atoms with E-state index >= 15 is 0 Å². The molecular formula is C21H21FN4O2. The van der Waals surface area contributed by atoms with Gasteiger partial charge in [0.1, 0.15) is 5.82 Å². The summed E-state index contributed by atoms with van der Waals surface area (Å²) in [5.74, 6) is 0.904. The number of hydrogen-bond acceptors (Lipinski definition) is 5. The van der Waals surface area contributed by atoms with Crippen LogP contribution >= 0.6 is 0 Å². The van der Waals surface area contributed by atoms with Crippen LogP contribution in [0.5, 0.6) is 5.88 Å². The molecule has 3 heterocycles. The first-order valence-corrected chi connectivity index (χ1v) is 9.18. The topological polar surface area (TPSA) is 69.9 Å². The second-order valence-electron chi connectivity index (χ2n) is 7.30. The SMILES string of the molecule is Cc1ccc(C2CC2COc2nc(C)ncc2-c2cc(F)c(=O)n(C)c2)nc1. The van der Waals surface area contributed by atoms with Gasteiger partial charge >= 0.3 is 0 Å². The highest BCUT2D eigenvalue weighted by molar-refractivity contribution is 5.66. The van der Waals surface area contributed by atoms with Gasteiger partial charge in [-0.1, -0.05) is 6.07 Å². The van der Waals surface area contributed by atoms with Crippen LogP contribution in [0, 0.1) is 25.6 Å². The van der Waals surface area contributed by atoms with Gasteiger partial charge in [-0.15, -0.1) is 0 Å². The number of aryl methyl sites for hydroxylation is 3. The van der Waals surface area contributed by atoms with E-state index in [2.05, 4.69) is 27.1 Å². The second-order valence-corrected chi connectivity index (χ2v) is 7.30. The molecule has 0 aliphatic heterocycles. The number of hydrogen-bond donors (Lipinski definition) is 0. The highest BCUT2D eigenvalue weighted by atomic mass is 19.1. The zero-order valence-corrected chi connectivity index (χ0v) is 16.0. The fraction of sp³-hybridized carbons (Fsp3) is 0.333. The van der Waals surface area contributed by atoms with E-state index in [4.69, 9.17) is 4.74 Å². The smallest absolute Gasteiger partial charge is 0.286 e. The van der Waals surface area contributed by atoms with E-state index in [1.54, 1.807) is 19.3 Å². The molecule has 144 valence electrons. The molecule has 3 aromatic rings. The lowest BCUT2D eigenvalue weighted by molar-refractivity contribution is 0.285. The molecule has 3 aromatic heterocycles. The van der Waals surface area contributed by atoms with Crippen LogP contribution in [0.25, 0.3) is 11.1 Å². The van der Waals surface area contributed by atoms with Crippen molar-refractivity contribution < 1.29 is 9.13 Å². The van der Waals surface area contributed by atoms with Gasteiger partial charge < -0.3 is 9.30 Å². The van der Waals surface area contributed by atoms with Crippen LogP contribution in [0.2, 0.25) is 0 Å². The maximum Gasteiger partial charge on any atom is 0.286 e. The molecule has 1 aliphatic rings. The first kappa shape index (κ1) is 18.3. The average Bonchev–Trinajstić information content (AvgIpc) is 3.44. The van der Waals surface area contributed by atoms with E-state index in [1.807, 2.05) is 13.1 Å². The fourth-order valence-electron chi connectivity index (χ4n) is 3.25. The third kappa shape index (κ3) is 3.65. The third-order valence-electron chi connectivity index (χ3n) is 5.00. The number of rotatable bonds is 5. The first-order chi connectivity index (χ1) is 13.4. The maximum absolute atomic E-state index is 13.9. The zero-order valence-electron chi connectivity index (χ0n) is 16.0. The summed E-state index contributed by atoms with van der Waals surface area (Å²) >= 11 is 0. The van der Waals surface area contributed by atoms with Gasteiger partial charge in [0.2, 0.25) is 5.88 Å². The molecule has 2 atom stereocenters. The van der Waals surface area contributed by atoms with E-state index in [0.29, 0.717) is 41.3 Å². The lowest BCUT2D eigenvalue weighted by Crippen LogP contribution is -2.19. The molecular weight excluding hydrogens is 359 g/mol. The Morgan fingerprint density at radius 1 is 1.25 bits per heavy atom. The minimum atomic E-state index is -0.820. The van der Waals surface area contributed by atoms with Crippen LogP contribution in [0.1, 0.15) is 29.4 Å². The molecule has 4 rings (SSSR count). The third-order valence-corrected chi connectivity index (χ3v) is 5.00. The van der Waals surface area contributed by atoms with E-state index in [0.717, 1.165) is 17.7 Å². The Morgan fingerprint density at radius 3 is 2.79 bits per heavy atom. The summed E-state index contributed by atoms with van der Waals surface area (Å²) in [6, 6.07) is 5.32. The second kappa shape index (κ2) is 7.14. The van der Waals surface area contributed by atoms with Gasteiger partial charge in [0.15, 0.2) is 5.82 Å². The van der Waals surface area contributed by atoms with Crippen molar-refractivity contribution in [3.8, 4) is 17.0 Å². The fourth-order valence-corrected chi connectivity index (χ4v) is 3.25. The molecule has 0 N–H and O–H groups in total. The van der Waals surface area contributed by atoms with Crippen molar-refractivity contribution in [3.05, 3.63) is 70.0 Å². The summed E-state index contributed by atoms with van der Waals surface area (Å²) in [7, 11) is 1.51. The van der Waals surface area contributed by atoms with Crippen LogP contribution < -0.4 is 10.3 Å². The van der Waals surface area contributed by atoms with E-state index in [-0.39, 0.29) is 0 Å². The predicted molar refractivity (Wildman–Crippen MR) is 103 cm³/mol. The van der Waals surface area contributed by atoms with E-state index in [1.165, 1.54) is 17.7 Å². The molecule has 0 amide bonds. The summed E-state index contributed by atoms with van der Waals surface area (Å²) in [4.78, 5) is 24.7. The standard InChI is InChI=1S/C21H21FN4O2/c1-12-4-5-19(24-8-12)16-6-15(16)11-28-20-17(9-23-13(2)25-20)14-7-18(22)21(27)26(3)10-14/h4-5,7-10,15-16H,6,11H2,1-3H3. The Bertz CT molecular complexity index is 1050. The number of ether oxygens (including phenoxy) is 1. The van der Waals surface area contributed by atoms with Gasteiger partial charge in [0.25, 0.3) is 5.56 Å². The number of aromatic nitrogens is 4. The van der Waals surface area contributed by atoms with Crippen molar-refractivity contribution in [3.63, 3.8) is 0 Å². The van der Waals surface area contributed by atoms with Gasteiger partial charge in [-0.3, -0.25) is 9.78 Å². The van der Waals surface area contributed by atoms with Gasteiger partial charge in [-0.2, -0.15) is 4.98 Å². The minimum absolute atomic E-state index is 0.371. The first-order valence-electron chi connectivity index (χ1n) is 9.18. The van der Waals surface area contributed by atoms with Crippen molar-refractivity contribution in [1.82, 2.24) is 19.5 Å². The Hall–Kier alpha value is -3.09. The molecule has 1 saturated carbocycles. The van der Waals surface area contributed by atoms with Gasteiger partial charge in [-0.05, 0) is 38.0 Å². The highest BCUT2D eigenvalue weighted by Crippen LogP contribution is 2.47. The molecule has 0 radical (unpaired) electrons. The summed E-state index contributed by atoms with van der Waals surface area (Å²) in [5.41, 5.74) is 2.61. The summed E-state index contributed by atoms with van der Waals surface area (Å²) in [5, 5.41) is 0. The molecule has 1 fully saturated rings. The molecule has 2 unspecified atom stereocenters. The molecule has 0 bridgehead atoms. The van der Waals surface area contributed by atoms with Crippen molar-refractivity contribution in [2.45, 2.75) is 26.2 Å². The van der Waals surface area contributed by atoms with Crippen molar-refractivity contribution >= 4 is 0 Å². The van der Waals surface area contributed by atoms with Crippen LogP contribution in [0.3, 0.4) is 0 Å². The lowest BCUT2D eigenvalue weighted by Gasteiger charge is -2.12. The highest BCUT2D eigenvalue weighted by Gasteiger charge is 2.40. The minimum Gasteiger partial charge on any atom is -0.477 e. The van der Waals surface area contributed by atoms with Crippen LogP contribution in [-0.2, 0) is 7.05 Å². The zero-order chi connectivity index (χ0) is 19.8. The maximum atomic E-state index is 13.9. The van der Waals surface area contributed by atoms with E-state index < -0.39 is 11.4 Å². The predicted octanol–water partition coefficient (Wildman–Crippen LogP) is 3.18. The van der Waals surface area contributed by atoms with Crippen molar-refractivity contribution in [2.75, 3.05) is 6.61 Å². The monoisotopic (exact) mass is 380 g/mol. The van der Waals surface area contributed by atoms with E-state index in [9.17, 15) is 9.18 Å². The Labute approximate surface area is 162 Å².